The van der Waals surface area contributed by atoms with Crippen molar-refractivity contribution in [2.45, 2.75) is 25.3 Å². The van der Waals surface area contributed by atoms with Gasteiger partial charge in [-0.1, -0.05) is 6.07 Å². The molecular weight excluding hydrogens is 278 g/mol. The van der Waals surface area contributed by atoms with Gasteiger partial charge in [0.25, 0.3) is 0 Å². The van der Waals surface area contributed by atoms with Crippen molar-refractivity contribution in [1.29, 1.82) is 0 Å². The third kappa shape index (κ3) is 4.75. The lowest BCUT2D eigenvalue weighted by Crippen LogP contribution is -2.18. The second kappa shape index (κ2) is 9.49. The highest BCUT2D eigenvalue weighted by Crippen LogP contribution is 2.24. The van der Waals surface area contributed by atoms with Gasteiger partial charge >= 0.3 is 0 Å². The van der Waals surface area contributed by atoms with Crippen molar-refractivity contribution < 1.29 is 0 Å². The Morgan fingerprint density at radius 3 is 2.47 bits per heavy atom. The molecule has 0 aromatic carbocycles. The number of nitrogens with two attached hydrogens (primary N) is 1. The minimum absolute atomic E-state index is 0. The minimum Gasteiger partial charge on any atom is -0.323 e. The molecule has 0 bridgehead atoms. The van der Waals surface area contributed by atoms with Gasteiger partial charge in [-0.2, -0.15) is 0 Å². The summed E-state index contributed by atoms with van der Waals surface area (Å²) >= 11 is 0. The van der Waals surface area contributed by atoms with E-state index in [2.05, 4.69) is 11.1 Å². The van der Waals surface area contributed by atoms with E-state index in [9.17, 15) is 0 Å². The van der Waals surface area contributed by atoms with Crippen molar-refractivity contribution in [3.63, 3.8) is 0 Å². The number of hydrogen-bond acceptors (Lipinski definition) is 2. The van der Waals surface area contributed by atoms with Crippen LogP contribution in [0.1, 0.15) is 30.1 Å². The van der Waals surface area contributed by atoms with Crippen LogP contribution in [0.15, 0.2) is 18.3 Å². The average molecular weight is 294 g/mol. The summed E-state index contributed by atoms with van der Waals surface area (Å²) in [5, 5.41) is 0. The Kier molecular flexibility index (Phi) is 13.1. The molecule has 0 fully saturated rings. The summed E-state index contributed by atoms with van der Waals surface area (Å²) in [5.74, 6) is 0. The smallest absolute Gasteiger partial charge is 0.0602 e. The number of nitrogens with zero attached hydrogens (tertiary/aromatic N) is 1. The van der Waals surface area contributed by atoms with E-state index >= 15 is 0 Å². The van der Waals surface area contributed by atoms with E-state index in [4.69, 9.17) is 5.73 Å². The molecule has 0 amide bonds. The molecule has 1 unspecified atom stereocenters. The first kappa shape index (κ1) is 20.7. The van der Waals surface area contributed by atoms with E-state index in [1.54, 1.807) is 0 Å². The summed E-state index contributed by atoms with van der Waals surface area (Å²) in [4.78, 5) is 4.28. The highest BCUT2D eigenvalue weighted by atomic mass is 35.5. The molecule has 1 atom stereocenters. The van der Waals surface area contributed by atoms with E-state index in [0.29, 0.717) is 0 Å². The van der Waals surface area contributed by atoms with Gasteiger partial charge < -0.3 is 5.73 Å². The molecule has 0 saturated heterocycles. The first-order valence-corrected chi connectivity index (χ1v) is 4.07. The highest BCUT2D eigenvalue weighted by Gasteiger charge is 2.16. The maximum absolute atomic E-state index is 5.88. The Hall–Kier alpha value is 0.270. The lowest BCUT2D eigenvalue weighted by Gasteiger charge is -2.19. The average Bonchev–Trinajstić information content (AvgIpc) is 2.06. The van der Waals surface area contributed by atoms with Gasteiger partial charge in [0.15, 0.2) is 0 Å². The van der Waals surface area contributed by atoms with Crippen LogP contribution in [-0.4, -0.2) is 4.98 Å². The Morgan fingerprint density at radius 1 is 1.20 bits per heavy atom. The molecule has 2 nitrogen and oxygen atoms in total. The summed E-state index contributed by atoms with van der Waals surface area (Å²) in [6, 6.07) is 4.29. The van der Waals surface area contributed by atoms with Gasteiger partial charge in [0.05, 0.1) is 5.69 Å². The monoisotopic (exact) mass is 292 g/mol. The van der Waals surface area contributed by atoms with Gasteiger partial charge in [0.2, 0.25) is 0 Å². The van der Waals surface area contributed by atoms with Crippen LogP contribution in [0.5, 0.6) is 0 Å². The molecule has 1 aromatic rings. The van der Waals surface area contributed by atoms with Crippen molar-refractivity contribution in [1.82, 2.24) is 4.98 Å². The standard InChI is InChI=1S/C9H12N2.4ClH/c10-8-5-1-3-7-4-2-6-11-9(7)8;;;;/h2,4,6,8H,1,3,5,10H2;4*1H. The molecule has 0 aliphatic heterocycles. The second-order valence-corrected chi connectivity index (χ2v) is 3.05. The molecule has 1 aliphatic rings. The number of halogens is 4. The zero-order valence-electron chi connectivity index (χ0n) is 8.09. The van der Waals surface area contributed by atoms with Crippen LogP contribution in [0.4, 0.5) is 0 Å². The quantitative estimate of drug-likeness (QED) is 0.798. The first-order valence-electron chi connectivity index (χ1n) is 4.07. The van der Waals surface area contributed by atoms with E-state index in [0.717, 1.165) is 18.5 Å². The fraction of sp³-hybridized carbons (Fsp3) is 0.444. The van der Waals surface area contributed by atoms with Crippen LogP contribution >= 0.6 is 49.6 Å². The van der Waals surface area contributed by atoms with E-state index < -0.39 is 0 Å². The summed E-state index contributed by atoms with van der Waals surface area (Å²) in [5.41, 5.74) is 8.33. The van der Waals surface area contributed by atoms with Gasteiger partial charge in [0, 0.05) is 12.2 Å². The Bertz CT molecular complexity index is 270. The molecule has 1 aliphatic carbocycles. The van der Waals surface area contributed by atoms with Crippen LogP contribution in [0.3, 0.4) is 0 Å². The maximum atomic E-state index is 5.88. The maximum Gasteiger partial charge on any atom is 0.0602 e. The van der Waals surface area contributed by atoms with E-state index in [-0.39, 0.29) is 55.7 Å². The van der Waals surface area contributed by atoms with Crippen molar-refractivity contribution in [2.24, 2.45) is 5.73 Å². The zero-order valence-corrected chi connectivity index (χ0v) is 11.4. The molecule has 1 aromatic heterocycles. The van der Waals surface area contributed by atoms with Gasteiger partial charge in [-0.05, 0) is 30.9 Å². The predicted molar refractivity (Wildman–Crippen MR) is 73.1 cm³/mol. The van der Waals surface area contributed by atoms with Gasteiger partial charge in [-0.15, -0.1) is 49.6 Å². The Morgan fingerprint density at radius 2 is 1.87 bits per heavy atom. The molecule has 0 spiro atoms. The molecule has 0 radical (unpaired) electrons. The zero-order chi connectivity index (χ0) is 7.68. The third-order valence-corrected chi connectivity index (χ3v) is 2.24. The van der Waals surface area contributed by atoms with E-state index in [1.165, 1.54) is 12.0 Å². The molecular formula is C9H16Cl4N2. The Labute approximate surface area is 115 Å². The highest BCUT2D eigenvalue weighted by molar-refractivity contribution is 5.86. The third-order valence-electron chi connectivity index (χ3n) is 2.24. The topological polar surface area (TPSA) is 38.9 Å². The van der Waals surface area contributed by atoms with Crippen LogP contribution in [-0.2, 0) is 6.42 Å². The van der Waals surface area contributed by atoms with Crippen LogP contribution in [0, 0.1) is 0 Å². The fourth-order valence-corrected chi connectivity index (χ4v) is 1.65. The largest absolute Gasteiger partial charge is 0.323 e. The number of aromatic nitrogens is 1. The molecule has 6 heteroatoms. The minimum atomic E-state index is 0. The lowest BCUT2D eigenvalue weighted by atomic mass is 9.93. The van der Waals surface area contributed by atoms with Crippen molar-refractivity contribution in [2.75, 3.05) is 0 Å². The molecule has 1 heterocycles. The number of pyridine rings is 1. The van der Waals surface area contributed by atoms with Gasteiger partial charge in [-0.25, -0.2) is 0 Å². The summed E-state index contributed by atoms with van der Waals surface area (Å²) in [6.07, 6.45) is 5.27. The van der Waals surface area contributed by atoms with Crippen molar-refractivity contribution in [3.05, 3.63) is 29.6 Å². The molecule has 90 valence electrons. The molecule has 15 heavy (non-hydrogen) atoms. The number of rotatable bonds is 0. The normalized spacial score (nSPS) is 16.7. The van der Waals surface area contributed by atoms with Gasteiger partial charge in [-0.3, -0.25) is 4.98 Å². The lowest BCUT2D eigenvalue weighted by molar-refractivity contribution is 0.554. The van der Waals surface area contributed by atoms with Crippen LogP contribution < -0.4 is 5.73 Å². The summed E-state index contributed by atoms with van der Waals surface area (Å²) in [7, 11) is 0. The van der Waals surface area contributed by atoms with Crippen LogP contribution in [0.25, 0.3) is 0 Å². The van der Waals surface area contributed by atoms with Crippen LogP contribution in [0.2, 0.25) is 0 Å². The number of aryl methyl sites for hydroxylation is 1. The molecule has 2 N–H and O–H groups in total. The SMILES string of the molecule is Cl.Cl.Cl.Cl.NC1CCCc2cccnc21. The fourth-order valence-electron chi connectivity index (χ4n) is 1.65. The number of fused-ring (bicyclic) bond motifs is 1. The molecule has 0 saturated carbocycles. The summed E-state index contributed by atoms with van der Waals surface area (Å²) < 4.78 is 0. The molecule has 2 rings (SSSR count). The number of hydrogen-bond donors (Lipinski definition) is 1. The first-order chi connectivity index (χ1) is 5.38. The van der Waals surface area contributed by atoms with Crippen molar-refractivity contribution in [3.8, 4) is 0 Å². The van der Waals surface area contributed by atoms with Gasteiger partial charge in [0.1, 0.15) is 0 Å². The second-order valence-electron chi connectivity index (χ2n) is 3.05. The van der Waals surface area contributed by atoms with Crippen molar-refractivity contribution >= 4 is 49.6 Å². The predicted octanol–water partition coefficient (Wildman–Crippen LogP) is 3.10. The Balaban J connectivity index is -0.000000360. The summed E-state index contributed by atoms with van der Waals surface area (Å²) in [6.45, 7) is 0. The van der Waals surface area contributed by atoms with E-state index in [1.807, 2.05) is 12.3 Å².